The molecule has 1 saturated heterocycles. The maximum Gasteiger partial charge on any atom is 0.236 e. The molecule has 94 valence electrons. The van der Waals surface area contributed by atoms with Crippen LogP contribution in [0, 0.1) is 0 Å². The number of likely N-dealkylation sites (tertiary alicyclic amines) is 1. The lowest BCUT2D eigenvalue weighted by Crippen LogP contribution is -2.46. The van der Waals surface area contributed by atoms with Crippen LogP contribution in [0.1, 0.15) is 12.8 Å². The predicted molar refractivity (Wildman–Crippen MR) is 63.2 cm³/mol. The predicted octanol–water partition coefficient (Wildman–Crippen LogP) is -0.486. The Balaban J connectivity index is 2.25. The van der Waals surface area contributed by atoms with Crippen LogP contribution >= 0.6 is 0 Å². The number of carbonyl (C=O) groups is 1. The molecule has 0 aromatic heterocycles. The van der Waals surface area contributed by atoms with Crippen molar-refractivity contribution in [3.8, 4) is 0 Å². The second-order valence-electron chi connectivity index (χ2n) is 4.48. The standard InChI is InChI=1S/C11H23N3O2/c1-13(2)6-7-16-10-4-3-5-14(9-10)11(15)8-12/h10H,3-9,12H2,1-2H3. The second-order valence-corrected chi connectivity index (χ2v) is 4.48. The molecule has 5 nitrogen and oxygen atoms in total. The molecular weight excluding hydrogens is 206 g/mol. The smallest absolute Gasteiger partial charge is 0.236 e. The molecule has 5 heteroatoms. The molecule has 0 aromatic rings. The van der Waals surface area contributed by atoms with Crippen LogP contribution in [0.2, 0.25) is 0 Å². The van der Waals surface area contributed by atoms with E-state index in [2.05, 4.69) is 4.90 Å². The van der Waals surface area contributed by atoms with Crippen LogP contribution in [0.15, 0.2) is 0 Å². The molecule has 0 bridgehead atoms. The Hall–Kier alpha value is -0.650. The maximum atomic E-state index is 11.4. The summed E-state index contributed by atoms with van der Waals surface area (Å²) in [6.45, 7) is 3.26. The molecule has 0 radical (unpaired) electrons. The van der Waals surface area contributed by atoms with Crippen molar-refractivity contribution in [3.05, 3.63) is 0 Å². The quantitative estimate of drug-likeness (QED) is 0.691. The van der Waals surface area contributed by atoms with Crippen molar-refractivity contribution in [1.29, 1.82) is 0 Å². The summed E-state index contributed by atoms with van der Waals surface area (Å²) in [5.74, 6) is 0.0286. The summed E-state index contributed by atoms with van der Waals surface area (Å²) >= 11 is 0. The molecule has 0 aromatic carbocycles. The van der Waals surface area contributed by atoms with E-state index in [1.807, 2.05) is 19.0 Å². The molecule has 1 aliphatic heterocycles. The Kier molecular flexibility index (Phi) is 5.73. The van der Waals surface area contributed by atoms with E-state index in [0.29, 0.717) is 6.54 Å². The number of carbonyl (C=O) groups excluding carboxylic acids is 1. The lowest BCUT2D eigenvalue weighted by atomic mass is 10.1. The minimum absolute atomic E-state index is 0.0286. The van der Waals surface area contributed by atoms with Crippen LogP contribution in [0.5, 0.6) is 0 Å². The van der Waals surface area contributed by atoms with Crippen LogP contribution in [0.3, 0.4) is 0 Å². The van der Waals surface area contributed by atoms with Gasteiger partial charge in [-0.25, -0.2) is 0 Å². The van der Waals surface area contributed by atoms with E-state index in [-0.39, 0.29) is 18.6 Å². The van der Waals surface area contributed by atoms with E-state index in [1.165, 1.54) is 0 Å². The van der Waals surface area contributed by atoms with Crippen LogP contribution in [-0.2, 0) is 9.53 Å². The van der Waals surface area contributed by atoms with Crippen LogP contribution in [0.4, 0.5) is 0 Å². The van der Waals surface area contributed by atoms with Crippen LogP contribution in [-0.4, -0.2) is 68.7 Å². The second kappa shape index (κ2) is 6.83. The Morgan fingerprint density at radius 1 is 1.56 bits per heavy atom. The highest BCUT2D eigenvalue weighted by Crippen LogP contribution is 2.13. The summed E-state index contributed by atoms with van der Waals surface area (Å²) in [4.78, 5) is 15.3. The molecule has 1 fully saturated rings. The van der Waals surface area contributed by atoms with Crippen molar-refractivity contribution < 1.29 is 9.53 Å². The molecule has 1 heterocycles. The summed E-state index contributed by atoms with van der Waals surface area (Å²) in [5.41, 5.74) is 5.35. The van der Waals surface area contributed by atoms with Gasteiger partial charge in [-0.2, -0.15) is 0 Å². The highest BCUT2D eigenvalue weighted by atomic mass is 16.5. The van der Waals surface area contributed by atoms with Crippen LogP contribution < -0.4 is 5.73 Å². The van der Waals surface area contributed by atoms with Crippen molar-refractivity contribution in [3.63, 3.8) is 0 Å². The van der Waals surface area contributed by atoms with Gasteiger partial charge in [0.05, 0.1) is 19.3 Å². The van der Waals surface area contributed by atoms with Crippen molar-refractivity contribution in [1.82, 2.24) is 9.80 Å². The molecule has 2 N–H and O–H groups in total. The summed E-state index contributed by atoms with van der Waals surface area (Å²) in [6.07, 6.45) is 2.24. The lowest BCUT2D eigenvalue weighted by Gasteiger charge is -2.32. The normalized spacial score (nSPS) is 21.5. The fourth-order valence-electron chi connectivity index (χ4n) is 1.83. The average Bonchev–Trinajstić information content (AvgIpc) is 2.28. The zero-order valence-electron chi connectivity index (χ0n) is 10.3. The first-order valence-corrected chi connectivity index (χ1v) is 5.87. The number of nitrogens with zero attached hydrogens (tertiary/aromatic N) is 2. The van der Waals surface area contributed by atoms with E-state index >= 15 is 0 Å². The first-order valence-electron chi connectivity index (χ1n) is 5.87. The summed E-state index contributed by atoms with van der Waals surface area (Å²) in [5, 5.41) is 0. The zero-order chi connectivity index (χ0) is 12.0. The fourth-order valence-corrected chi connectivity index (χ4v) is 1.83. The van der Waals surface area contributed by atoms with Gasteiger partial charge in [0.1, 0.15) is 0 Å². The topological polar surface area (TPSA) is 58.8 Å². The number of hydrogen-bond donors (Lipinski definition) is 1. The third kappa shape index (κ3) is 4.47. The first kappa shape index (κ1) is 13.4. The van der Waals surface area contributed by atoms with Gasteiger partial charge in [0.15, 0.2) is 0 Å². The molecule has 1 aliphatic rings. The number of amides is 1. The minimum Gasteiger partial charge on any atom is -0.375 e. The van der Waals surface area contributed by atoms with E-state index in [1.54, 1.807) is 0 Å². The summed E-state index contributed by atoms with van der Waals surface area (Å²) in [7, 11) is 4.04. The molecule has 1 unspecified atom stereocenters. The SMILES string of the molecule is CN(C)CCOC1CCCN(C(=O)CN)C1. The van der Waals surface area contributed by atoms with Crippen LogP contribution in [0.25, 0.3) is 0 Å². The molecule has 0 saturated carbocycles. The maximum absolute atomic E-state index is 11.4. The average molecular weight is 229 g/mol. The fraction of sp³-hybridized carbons (Fsp3) is 0.909. The first-order chi connectivity index (χ1) is 7.63. The third-order valence-electron chi connectivity index (χ3n) is 2.80. The number of nitrogens with two attached hydrogens (primary N) is 1. The highest BCUT2D eigenvalue weighted by Gasteiger charge is 2.22. The number of piperidine rings is 1. The van der Waals surface area contributed by atoms with E-state index < -0.39 is 0 Å². The van der Waals surface area contributed by atoms with Gasteiger partial charge in [0, 0.05) is 19.6 Å². The molecule has 1 atom stereocenters. The largest absolute Gasteiger partial charge is 0.375 e. The Bertz CT molecular complexity index is 221. The van der Waals surface area contributed by atoms with Gasteiger partial charge >= 0.3 is 0 Å². The molecule has 1 amide bonds. The number of ether oxygens (including phenoxy) is 1. The molecule has 0 spiro atoms. The van der Waals surface area contributed by atoms with Crippen molar-refractivity contribution in [2.75, 3.05) is 46.9 Å². The summed E-state index contributed by atoms with van der Waals surface area (Å²) in [6, 6.07) is 0. The van der Waals surface area contributed by atoms with E-state index in [0.717, 1.165) is 32.5 Å². The van der Waals surface area contributed by atoms with Gasteiger partial charge < -0.3 is 20.3 Å². The Labute approximate surface area is 97.5 Å². The van der Waals surface area contributed by atoms with Gasteiger partial charge in [0.2, 0.25) is 5.91 Å². The van der Waals surface area contributed by atoms with E-state index in [4.69, 9.17) is 10.5 Å². The number of hydrogen-bond acceptors (Lipinski definition) is 4. The van der Waals surface area contributed by atoms with Gasteiger partial charge in [-0.05, 0) is 26.9 Å². The van der Waals surface area contributed by atoms with Gasteiger partial charge in [-0.1, -0.05) is 0 Å². The van der Waals surface area contributed by atoms with Gasteiger partial charge in [-0.15, -0.1) is 0 Å². The number of rotatable bonds is 5. The highest BCUT2D eigenvalue weighted by molar-refractivity contribution is 5.78. The van der Waals surface area contributed by atoms with Crippen molar-refractivity contribution >= 4 is 5.91 Å². The molecular formula is C11H23N3O2. The monoisotopic (exact) mass is 229 g/mol. The Morgan fingerprint density at radius 3 is 2.94 bits per heavy atom. The zero-order valence-corrected chi connectivity index (χ0v) is 10.3. The van der Waals surface area contributed by atoms with Crippen molar-refractivity contribution in [2.24, 2.45) is 5.73 Å². The summed E-state index contributed by atoms with van der Waals surface area (Å²) < 4.78 is 5.74. The number of likely N-dealkylation sites (N-methyl/N-ethyl adjacent to an activating group) is 1. The third-order valence-corrected chi connectivity index (χ3v) is 2.80. The molecule has 1 rings (SSSR count). The Morgan fingerprint density at radius 2 is 2.31 bits per heavy atom. The minimum atomic E-state index is 0.0286. The lowest BCUT2D eigenvalue weighted by molar-refractivity contribution is -0.133. The van der Waals surface area contributed by atoms with Gasteiger partial charge in [0.25, 0.3) is 0 Å². The van der Waals surface area contributed by atoms with E-state index in [9.17, 15) is 4.79 Å². The van der Waals surface area contributed by atoms with Crippen molar-refractivity contribution in [2.45, 2.75) is 18.9 Å². The molecule has 0 aliphatic carbocycles. The van der Waals surface area contributed by atoms with Gasteiger partial charge in [-0.3, -0.25) is 4.79 Å². The molecule has 16 heavy (non-hydrogen) atoms.